The van der Waals surface area contributed by atoms with Crippen LogP contribution in [0.25, 0.3) is 0 Å². The first-order chi connectivity index (χ1) is 8.50. The number of imide groups is 1. The third kappa shape index (κ3) is 2.38. The Morgan fingerprint density at radius 3 is 2.50 bits per heavy atom. The first-order valence-corrected chi connectivity index (χ1v) is 6.42. The van der Waals surface area contributed by atoms with Crippen LogP contribution in [0.4, 0.5) is 0 Å². The molecule has 1 fully saturated rings. The van der Waals surface area contributed by atoms with Crippen molar-refractivity contribution in [3.63, 3.8) is 0 Å². The van der Waals surface area contributed by atoms with Gasteiger partial charge in [-0.15, -0.1) is 5.06 Å². The highest BCUT2D eigenvalue weighted by Gasteiger charge is 2.33. The molecule has 1 heterocycles. The molecule has 1 saturated heterocycles. The van der Waals surface area contributed by atoms with E-state index < -0.39 is 17.8 Å². The molecule has 2 rings (SSSR count). The number of hydrogen-bond acceptors (Lipinski definition) is 4. The Hall–Kier alpha value is -1.44. The lowest BCUT2D eigenvalue weighted by Gasteiger charge is -2.13. The minimum atomic E-state index is -0.686. The second-order valence-corrected chi connectivity index (χ2v) is 5.04. The molecular weight excluding hydrogens is 349 g/mol. The summed E-state index contributed by atoms with van der Waals surface area (Å²) in [6, 6.07) is 5.18. The molecule has 1 aromatic rings. The Morgan fingerprint density at radius 2 is 1.89 bits per heavy atom. The summed E-state index contributed by atoms with van der Waals surface area (Å²) in [7, 11) is 0. The maximum Gasteiger partial charge on any atom is 0.364 e. The Labute approximate surface area is 117 Å². The molecular formula is C12H10INO4. The number of benzene rings is 1. The van der Waals surface area contributed by atoms with E-state index in [9.17, 15) is 14.4 Å². The van der Waals surface area contributed by atoms with Gasteiger partial charge in [0, 0.05) is 16.4 Å². The summed E-state index contributed by atoms with van der Waals surface area (Å²) in [4.78, 5) is 39.4. The maximum absolute atomic E-state index is 11.9. The van der Waals surface area contributed by atoms with Crippen molar-refractivity contribution < 1.29 is 19.2 Å². The molecule has 2 amide bonds. The van der Waals surface area contributed by atoms with Gasteiger partial charge >= 0.3 is 5.97 Å². The van der Waals surface area contributed by atoms with Gasteiger partial charge < -0.3 is 4.84 Å². The van der Waals surface area contributed by atoms with Crippen molar-refractivity contribution in [1.29, 1.82) is 0 Å². The van der Waals surface area contributed by atoms with E-state index in [1.54, 1.807) is 19.1 Å². The Morgan fingerprint density at radius 1 is 1.28 bits per heavy atom. The van der Waals surface area contributed by atoms with Gasteiger partial charge in [-0.25, -0.2) is 4.79 Å². The van der Waals surface area contributed by atoms with Crippen LogP contribution in [0, 0.1) is 10.5 Å². The molecule has 0 spiro atoms. The highest BCUT2D eigenvalue weighted by atomic mass is 127. The van der Waals surface area contributed by atoms with E-state index in [2.05, 4.69) is 22.6 Å². The zero-order chi connectivity index (χ0) is 13.3. The van der Waals surface area contributed by atoms with Gasteiger partial charge in [-0.3, -0.25) is 9.59 Å². The smallest absolute Gasteiger partial charge is 0.325 e. The minimum Gasteiger partial charge on any atom is -0.325 e. The van der Waals surface area contributed by atoms with Crippen LogP contribution in [-0.4, -0.2) is 22.8 Å². The number of hydroxylamine groups is 2. The van der Waals surface area contributed by atoms with Gasteiger partial charge in [-0.2, -0.15) is 0 Å². The normalized spacial score (nSPS) is 15.1. The Balaban J connectivity index is 2.20. The number of rotatable bonds is 2. The topological polar surface area (TPSA) is 63.7 Å². The van der Waals surface area contributed by atoms with Crippen LogP contribution < -0.4 is 0 Å². The molecule has 0 unspecified atom stereocenters. The maximum atomic E-state index is 11.9. The van der Waals surface area contributed by atoms with Crippen molar-refractivity contribution in [2.75, 3.05) is 0 Å². The SMILES string of the molecule is Cc1c(I)cccc1C(=O)ON1C(=O)CCC1=O. The summed E-state index contributed by atoms with van der Waals surface area (Å²) in [5.74, 6) is -1.64. The van der Waals surface area contributed by atoms with Crippen LogP contribution in [0.15, 0.2) is 18.2 Å². The predicted molar refractivity (Wildman–Crippen MR) is 70.4 cm³/mol. The minimum absolute atomic E-state index is 0.0947. The number of carbonyl (C=O) groups is 3. The lowest BCUT2D eigenvalue weighted by atomic mass is 10.1. The molecule has 1 aromatic carbocycles. The fourth-order valence-corrected chi connectivity index (χ4v) is 2.12. The van der Waals surface area contributed by atoms with Crippen molar-refractivity contribution in [2.24, 2.45) is 0 Å². The standard InChI is InChI=1S/C12H10INO4/c1-7-8(3-2-4-9(7)13)12(17)18-14-10(15)5-6-11(14)16/h2-4H,5-6H2,1H3. The van der Waals surface area contributed by atoms with Crippen LogP contribution in [0.2, 0.25) is 0 Å². The fraction of sp³-hybridized carbons (Fsp3) is 0.250. The number of halogens is 1. The van der Waals surface area contributed by atoms with Gasteiger partial charge in [0.2, 0.25) is 0 Å². The molecule has 0 N–H and O–H groups in total. The van der Waals surface area contributed by atoms with Gasteiger partial charge in [0.25, 0.3) is 11.8 Å². The highest BCUT2D eigenvalue weighted by Crippen LogP contribution is 2.19. The van der Waals surface area contributed by atoms with Crippen molar-refractivity contribution in [2.45, 2.75) is 19.8 Å². The first-order valence-electron chi connectivity index (χ1n) is 5.34. The number of hydrogen-bond donors (Lipinski definition) is 0. The van der Waals surface area contributed by atoms with Gasteiger partial charge in [-0.05, 0) is 47.2 Å². The summed E-state index contributed by atoms with van der Waals surface area (Å²) >= 11 is 2.10. The lowest BCUT2D eigenvalue weighted by Crippen LogP contribution is -2.32. The molecule has 94 valence electrons. The van der Waals surface area contributed by atoms with E-state index in [0.717, 1.165) is 9.13 Å². The van der Waals surface area contributed by atoms with E-state index in [4.69, 9.17) is 4.84 Å². The Bertz CT molecular complexity index is 525. The predicted octanol–water partition coefficient (Wildman–Crippen LogP) is 1.82. The first kappa shape index (κ1) is 13.0. The quantitative estimate of drug-likeness (QED) is 0.597. The van der Waals surface area contributed by atoms with Gasteiger partial charge in [0.15, 0.2) is 0 Å². The third-order valence-corrected chi connectivity index (χ3v) is 3.84. The molecule has 0 aromatic heterocycles. The van der Waals surface area contributed by atoms with E-state index in [0.29, 0.717) is 10.6 Å². The molecule has 5 nitrogen and oxygen atoms in total. The van der Waals surface area contributed by atoms with E-state index in [-0.39, 0.29) is 12.8 Å². The van der Waals surface area contributed by atoms with Crippen LogP contribution in [-0.2, 0) is 14.4 Å². The van der Waals surface area contributed by atoms with Crippen LogP contribution >= 0.6 is 22.6 Å². The van der Waals surface area contributed by atoms with Crippen molar-refractivity contribution in [3.05, 3.63) is 32.9 Å². The van der Waals surface area contributed by atoms with Gasteiger partial charge in [0.1, 0.15) is 0 Å². The lowest BCUT2D eigenvalue weighted by molar-refractivity contribution is -0.172. The molecule has 0 aliphatic carbocycles. The van der Waals surface area contributed by atoms with E-state index in [1.165, 1.54) is 0 Å². The molecule has 1 aliphatic rings. The third-order valence-electron chi connectivity index (χ3n) is 2.67. The average molecular weight is 359 g/mol. The van der Waals surface area contributed by atoms with Crippen LogP contribution in [0.5, 0.6) is 0 Å². The Kier molecular flexibility index (Phi) is 3.65. The number of amides is 2. The van der Waals surface area contributed by atoms with Gasteiger partial charge in [-0.1, -0.05) is 6.07 Å². The highest BCUT2D eigenvalue weighted by molar-refractivity contribution is 14.1. The second-order valence-electron chi connectivity index (χ2n) is 3.87. The molecule has 0 bridgehead atoms. The van der Waals surface area contributed by atoms with Crippen LogP contribution in [0.3, 0.4) is 0 Å². The van der Waals surface area contributed by atoms with E-state index in [1.807, 2.05) is 6.07 Å². The summed E-state index contributed by atoms with van der Waals surface area (Å²) in [6.07, 6.45) is 0.189. The summed E-state index contributed by atoms with van der Waals surface area (Å²) in [5.41, 5.74) is 1.12. The number of carbonyl (C=O) groups excluding carboxylic acids is 3. The average Bonchev–Trinajstić information content (AvgIpc) is 2.64. The monoisotopic (exact) mass is 359 g/mol. The summed E-state index contributed by atoms with van der Waals surface area (Å²) in [5, 5.41) is 0.557. The van der Waals surface area contributed by atoms with E-state index >= 15 is 0 Å². The van der Waals surface area contributed by atoms with Crippen LogP contribution in [0.1, 0.15) is 28.8 Å². The van der Waals surface area contributed by atoms with Gasteiger partial charge in [0.05, 0.1) is 5.56 Å². The van der Waals surface area contributed by atoms with Crippen molar-refractivity contribution >= 4 is 40.4 Å². The molecule has 1 aliphatic heterocycles. The molecule has 0 atom stereocenters. The molecule has 0 saturated carbocycles. The van der Waals surface area contributed by atoms with Crippen molar-refractivity contribution in [1.82, 2.24) is 5.06 Å². The zero-order valence-corrected chi connectivity index (χ0v) is 11.8. The summed E-state index contributed by atoms with van der Waals surface area (Å²) < 4.78 is 0.918. The molecule has 18 heavy (non-hydrogen) atoms. The fourth-order valence-electron chi connectivity index (χ4n) is 1.62. The van der Waals surface area contributed by atoms with Crippen molar-refractivity contribution in [3.8, 4) is 0 Å². The molecule has 0 radical (unpaired) electrons. The molecule has 6 heteroatoms. The second kappa shape index (κ2) is 5.05. The summed E-state index contributed by atoms with van der Waals surface area (Å²) in [6.45, 7) is 1.78. The largest absolute Gasteiger partial charge is 0.364 e. The number of nitrogens with zero attached hydrogens (tertiary/aromatic N) is 1. The zero-order valence-electron chi connectivity index (χ0n) is 9.60.